The lowest BCUT2D eigenvalue weighted by molar-refractivity contribution is 0.1000. The van der Waals surface area contributed by atoms with E-state index in [0.717, 1.165) is 22.9 Å². The van der Waals surface area contributed by atoms with Crippen molar-refractivity contribution < 1.29 is 9.53 Å². The summed E-state index contributed by atoms with van der Waals surface area (Å²) in [4.78, 5) is 11.5. The van der Waals surface area contributed by atoms with Crippen LogP contribution in [-0.2, 0) is 0 Å². The molecule has 2 aromatic carbocycles. The summed E-state index contributed by atoms with van der Waals surface area (Å²) in [6.07, 6.45) is 4.72. The average molecular weight is 299 g/mol. The number of nitrogens with two attached hydrogens (primary N) is 1. The van der Waals surface area contributed by atoms with E-state index < -0.39 is 5.91 Å². The Bertz CT molecular complexity index is 636. The number of carbonyl (C=O) groups is 1. The molecule has 0 aromatic heterocycles. The van der Waals surface area contributed by atoms with Crippen molar-refractivity contribution in [2.75, 3.05) is 6.61 Å². The monoisotopic (exact) mass is 299 g/mol. The van der Waals surface area contributed by atoms with Crippen molar-refractivity contribution >= 4 is 16.7 Å². The van der Waals surface area contributed by atoms with E-state index in [2.05, 4.69) is 13.8 Å². The fourth-order valence-electron chi connectivity index (χ4n) is 2.64. The molecule has 1 atom stereocenters. The number of primary amides is 1. The van der Waals surface area contributed by atoms with Crippen LogP contribution in [0.5, 0.6) is 5.75 Å². The van der Waals surface area contributed by atoms with Crippen LogP contribution in [-0.4, -0.2) is 12.5 Å². The van der Waals surface area contributed by atoms with Crippen molar-refractivity contribution in [2.24, 2.45) is 11.7 Å². The third kappa shape index (κ3) is 4.00. The molecule has 2 rings (SSSR count). The Morgan fingerprint density at radius 3 is 2.68 bits per heavy atom. The molecule has 0 saturated heterocycles. The van der Waals surface area contributed by atoms with E-state index in [9.17, 15) is 4.79 Å². The molecule has 2 aromatic rings. The number of amides is 1. The lowest BCUT2D eigenvalue weighted by Crippen LogP contribution is -2.13. The maximum absolute atomic E-state index is 11.5. The van der Waals surface area contributed by atoms with Crippen molar-refractivity contribution in [2.45, 2.75) is 39.5 Å². The summed E-state index contributed by atoms with van der Waals surface area (Å²) < 4.78 is 6.05. The number of unbranched alkanes of at least 4 members (excludes halogenated alkanes) is 1. The third-order valence-electron chi connectivity index (χ3n) is 4.13. The van der Waals surface area contributed by atoms with Crippen LogP contribution in [0.3, 0.4) is 0 Å². The lowest BCUT2D eigenvalue weighted by Gasteiger charge is -2.17. The largest absolute Gasteiger partial charge is 0.493 e. The molecule has 0 radical (unpaired) electrons. The minimum Gasteiger partial charge on any atom is -0.493 e. The van der Waals surface area contributed by atoms with Gasteiger partial charge in [0.1, 0.15) is 5.75 Å². The minimum absolute atomic E-state index is 0.423. The van der Waals surface area contributed by atoms with Gasteiger partial charge in [-0.05, 0) is 29.9 Å². The van der Waals surface area contributed by atoms with Crippen molar-refractivity contribution in [1.29, 1.82) is 0 Å². The average Bonchev–Trinajstić information content (AvgIpc) is 2.54. The van der Waals surface area contributed by atoms with Gasteiger partial charge in [0.05, 0.1) is 6.61 Å². The van der Waals surface area contributed by atoms with Gasteiger partial charge in [0.25, 0.3) is 0 Å². The second-order valence-corrected chi connectivity index (χ2v) is 5.79. The van der Waals surface area contributed by atoms with E-state index in [-0.39, 0.29) is 0 Å². The molecule has 0 heterocycles. The Balaban J connectivity index is 2.23. The second kappa shape index (κ2) is 7.83. The van der Waals surface area contributed by atoms with E-state index in [1.54, 1.807) is 6.07 Å². The highest BCUT2D eigenvalue weighted by Gasteiger charge is 2.11. The van der Waals surface area contributed by atoms with E-state index in [0.29, 0.717) is 18.1 Å². The number of hydrogen-bond acceptors (Lipinski definition) is 2. The maximum atomic E-state index is 11.5. The van der Waals surface area contributed by atoms with Crippen LogP contribution >= 0.6 is 0 Å². The predicted molar refractivity (Wildman–Crippen MR) is 91.3 cm³/mol. The SMILES string of the molecule is CCCCC(CC)COc1cc(C(N)=O)cc2ccccc12. The van der Waals surface area contributed by atoms with E-state index in [4.69, 9.17) is 10.5 Å². The molecule has 0 fully saturated rings. The van der Waals surface area contributed by atoms with Crippen molar-refractivity contribution in [3.8, 4) is 5.75 Å². The molecule has 0 spiro atoms. The number of benzene rings is 2. The molecular weight excluding hydrogens is 274 g/mol. The zero-order valence-corrected chi connectivity index (χ0v) is 13.5. The fraction of sp³-hybridized carbons (Fsp3) is 0.421. The number of fused-ring (bicyclic) bond motifs is 1. The van der Waals surface area contributed by atoms with Gasteiger partial charge >= 0.3 is 0 Å². The molecule has 3 heteroatoms. The molecule has 2 N–H and O–H groups in total. The summed E-state index contributed by atoms with van der Waals surface area (Å²) in [5, 5.41) is 2.01. The Hall–Kier alpha value is -2.03. The number of ether oxygens (including phenoxy) is 1. The molecule has 22 heavy (non-hydrogen) atoms. The molecule has 118 valence electrons. The highest BCUT2D eigenvalue weighted by atomic mass is 16.5. The molecule has 1 unspecified atom stereocenters. The molecule has 0 aliphatic rings. The maximum Gasteiger partial charge on any atom is 0.248 e. The van der Waals surface area contributed by atoms with Crippen molar-refractivity contribution in [1.82, 2.24) is 0 Å². The normalized spacial score (nSPS) is 12.3. The van der Waals surface area contributed by atoms with Crippen LogP contribution in [0.1, 0.15) is 49.9 Å². The molecular formula is C19H25NO2. The fourth-order valence-corrected chi connectivity index (χ4v) is 2.64. The van der Waals surface area contributed by atoms with Gasteiger partial charge in [0.15, 0.2) is 0 Å². The summed E-state index contributed by atoms with van der Waals surface area (Å²) in [5.74, 6) is 0.881. The predicted octanol–water partition coefficient (Wildman–Crippen LogP) is 4.53. The molecule has 1 amide bonds. The van der Waals surface area contributed by atoms with Gasteiger partial charge in [-0.1, -0.05) is 57.4 Å². The number of carbonyl (C=O) groups excluding carboxylic acids is 1. The summed E-state index contributed by atoms with van der Waals surface area (Å²) in [6.45, 7) is 5.09. The van der Waals surface area contributed by atoms with Crippen LogP contribution in [0.25, 0.3) is 10.8 Å². The molecule has 0 saturated carbocycles. The molecule has 0 aliphatic heterocycles. The van der Waals surface area contributed by atoms with Crippen LogP contribution in [0.4, 0.5) is 0 Å². The van der Waals surface area contributed by atoms with Crippen molar-refractivity contribution in [3.05, 3.63) is 42.0 Å². The highest BCUT2D eigenvalue weighted by Crippen LogP contribution is 2.28. The number of hydrogen-bond donors (Lipinski definition) is 1. The lowest BCUT2D eigenvalue weighted by atomic mass is 10.0. The summed E-state index contributed by atoms with van der Waals surface area (Å²) in [5.41, 5.74) is 5.92. The van der Waals surface area contributed by atoms with Crippen LogP contribution in [0.15, 0.2) is 36.4 Å². The smallest absolute Gasteiger partial charge is 0.248 e. The molecule has 0 bridgehead atoms. The highest BCUT2D eigenvalue weighted by molar-refractivity contribution is 6.00. The van der Waals surface area contributed by atoms with Crippen molar-refractivity contribution in [3.63, 3.8) is 0 Å². The summed E-state index contributed by atoms with van der Waals surface area (Å²) in [6, 6.07) is 11.5. The Morgan fingerprint density at radius 2 is 2.00 bits per heavy atom. The van der Waals surface area contributed by atoms with Crippen LogP contribution < -0.4 is 10.5 Å². The van der Waals surface area contributed by atoms with Gasteiger partial charge in [-0.2, -0.15) is 0 Å². The van der Waals surface area contributed by atoms with Gasteiger partial charge < -0.3 is 10.5 Å². The first kappa shape index (κ1) is 16.3. The topological polar surface area (TPSA) is 52.3 Å². The van der Waals surface area contributed by atoms with Gasteiger partial charge in [0.2, 0.25) is 5.91 Å². The zero-order chi connectivity index (χ0) is 15.9. The third-order valence-corrected chi connectivity index (χ3v) is 4.13. The Labute approximate surface area is 132 Å². The molecule has 0 aliphatic carbocycles. The second-order valence-electron chi connectivity index (χ2n) is 5.79. The zero-order valence-electron chi connectivity index (χ0n) is 13.5. The van der Waals surface area contributed by atoms with Gasteiger partial charge in [0, 0.05) is 10.9 Å². The quantitative estimate of drug-likeness (QED) is 0.778. The Morgan fingerprint density at radius 1 is 1.23 bits per heavy atom. The van der Waals surface area contributed by atoms with Crippen LogP contribution in [0.2, 0.25) is 0 Å². The van der Waals surface area contributed by atoms with E-state index in [1.165, 1.54) is 19.3 Å². The van der Waals surface area contributed by atoms with Gasteiger partial charge in [-0.25, -0.2) is 0 Å². The van der Waals surface area contributed by atoms with Gasteiger partial charge in [-0.3, -0.25) is 4.79 Å². The minimum atomic E-state index is -0.423. The first-order valence-electron chi connectivity index (χ1n) is 8.11. The van der Waals surface area contributed by atoms with E-state index >= 15 is 0 Å². The Kier molecular flexibility index (Phi) is 5.82. The summed E-state index contributed by atoms with van der Waals surface area (Å²) in [7, 11) is 0. The van der Waals surface area contributed by atoms with E-state index in [1.807, 2.05) is 30.3 Å². The first-order valence-corrected chi connectivity index (χ1v) is 8.11. The standard InChI is InChI=1S/C19H25NO2/c1-3-5-8-14(4-2)13-22-18-12-16(19(20)21)11-15-9-6-7-10-17(15)18/h6-7,9-12,14H,3-5,8,13H2,1-2H3,(H2,20,21). The van der Waals surface area contributed by atoms with Crippen LogP contribution in [0, 0.1) is 5.92 Å². The molecule has 3 nitrogen and oxygen atoms in total. The first-order chi connectivity index (χ1) is 10.7. The number of rotatable bonds is 8. The van der Waals surface area contributed by atoms with Gasteiger partial charge in [-0.15, -0.1) is 0 Å². The summed E-state index contributed by atoms with van der Waals surface area (Å²) >= 11 is 0.